The SMILES string of the molecule is CC(C)N(C)C(=O)CS(=O)c1ccc(N)c(F)c1. The molecule has 0 aliphatic rings. The zero-order valence-corrected chi connectivity index (χ0v) is 11.5. The molecule has 18 heavy (non-hydrogen) atoms. The molecule has 0 fully saturated rings. The Morgan fingerprint density at radius 1 is 1.50 bits per heavy atom. The molecule has 100 valence electrons. The van der Waals surface area contributed by atoms with Gasteiger partial charge in [0, 0.05) is 18.0 Å². The minimum absolute atomic E-state index is 0.00127. The van der Waals surface area contributed by atoms with E-state index in [0.29, 0.717) is 0 Å². The average molecular weight is 272 g/mol. The van der Waals surface area contributed by atoms with Crippen molar-refractivity contribution in [1.29, 1.82) is 0 Å². The number of rotatable bonds is 4. The van der Waals surface area contributed by atoms with E-state index in [4.69, 9.17) is 5.73 Å². The highest BCUT2D eigenvalue weighted by molar-refractivity contribution is 7.85. The monoisotopic (exact) mass is 272 g/mol. The summed E-state index contributed by atoms with van der Waals surface area (Å²) in [5.74, 6) is -1.01. The molecule has 6 heteroatoms. The van der Waals surface area contributed by atoms with Crippen molar-refractivity contribution in [2.75, 3.05) is 18.5 Å². The lowest BCUT2D eigenvalue weighted by Gasteiger charge is -2.21. The summed E-state index contributed by atoms with van der Waals surface area (Å²) in [5, 5.41) is 0. The molecule has 0 aliphatic carbocycles. The quantitative estimate of drug-likeness (QED) is 0.842. The van der Waals surface area contributed by atoms with Gasteiger partial charge in [-0.25, -0.2) is 4.39 Å². The lowest BCUT2D eigenvalue weighted by molar-refractivity contribution is -0.128. The fraction of sp³-hybridized carbons (Fsp3) is 0.417. The molecule has 0 saturated carbocycles. The summed E-state index contributed by atoms with van der Waals surface area (Å²) in [5.41, 5.74) is 5.33. The van der Waals surface area contributed by atoms with Gasteiger partial charge in [0.2, 0.25) is 5.91 Å². The maximum absolute atomic E-state index is 13.2. The largest absolute Gasteiger partial charge is 0.396 e. The molecule has 0 heterocycles. The molecule has 0 aliphatic heterocycles. The van der Waals surface area contributed by atoms with Crippen LogP contribution in [0.3, 0.4) is 0 Å². The number of carbonyl (C=O) groups is 1. The molecular weight excluding hydrogens is 255 g/mol. The van der Waals surface area contributed by atoms with Crippen LogP contribution in [0.1, 0.15) is 13.8 Å². The summed E-state index contributed by atoms with van der Waals surface area (Å²) in [7, 11) is 0.0907. The molecule has 1 unspecified atom stereocenters. The minimum atomic E-state index is -1.56. The molecular formula is C12H17FN2O2S. The molecule has 0 bridgehead atoms. The molecule has 1 atom stereocenters. The van der Waals surface area contributed by atoms with Gasteiger partial charge >= 0.3 is 0 Å². The number of hydrogen-bond acceptors (Lipinski definition) is 3. The fourth-order valence-electron chi connectivity index (χ4n) is 1.23. The van der Waals surface area contributed by atoms with Crippen LogP contribution in [0.2, 0.25) is 0 Å². The molecule has 1 amide bonds. The number of amides is 1. The van der Waals surface area contributed by atoms with Gasteiger partial charge in [-0.05, 0) is 32.0 Å². The minimum Gasteiger partial charge on any atom is -0.396 e. The van der Waals surface area contributed by atoms with Crippen molar-refractivity contribution >= 4 is 22.4 Å². The summed E-state index contributed by atoms with van der Waals surface area (Å²) in [6.07, 6.45) is 0. The molecule has 0 aromatic heterocycles. The van der Waals surface area contributed by atoms with Gasteiger partial charge < -0.3 is 10.6 Å². The first-order valence-corrected chi connectivity index (χ1v) is 6.84. The van der Waals surface area contributed by atoms with Crippen LogP contribution in [0.25, 0.3) is 0 Å². The van der Waals surface area contributed by atoms with Crippen molar-refractivity contribution in [2.24, 2.45) is 0 Å². The Hall–Kier alpha value is -1.43. The van der Waals surface area contributed by atoms with Crippen molar-refractivity contribution in [3.8, 4) is 0 Å². The molecule has 1 aromatic carbocycles. The van der Waals surface area contributed by atoms with Crippen molar-refractivity contribution in [3.63, 3.8) is 0 Å². The molecule has 0 radical (unpaired) electrons. The van der Waals surface area contributed by atoms with Crippen LogP contribution in [-0.4, -0.2) is 33.9 Å². The Morgan fingerprint density at radius 3 is 2.61 bits per heavy atom. The number of carbonyl (C=O) groups excluding carboxylic acids is 1. The maximum Gasteiger partial charge on any atom is 0.235 e. The Balaban J connectivity index is 2.77. The highest BCUT2D eigenvalue weighted by Crippen LogP contribution is 2.15. The van der Waals surface area contributed by atoms with Crippen LogP contribution in [0, 0.1) is 5.82 Å². The third kappa shape index (κ3) is 3.53. The smallest absolute Gasteiger partial charge is 0.235 e. The van der Waals surface area contributed by atoms with E-state index in [1.165, 1.54) is 17.0 Å². The predicted molar refractivity (Wildman–Crippen MR) is 70.0 cm³/mol. The number of nitrogens with two attached hydrogens (primary N) is 1. The van der Waals surface area contributed by atoms with E-state index < -0.39 is 16.6 Å². The fourth-order valence-corrected chi connectivity index (χ4v) is 2.28. The van der Waals surface area contributed by atoms with E-state index >= 15 is 0 Å². The van der Waals surface area contributed by atoms with Crippen molar-refractivity contribution < 1.29 is 13.4 Å². The third-order valence-electron chi connectivity index (χ3n) is 2.66. The lowest BCUT2D eigenvalue weighted by Crippen LogP contribution is -2.36. The molecule has 1 rings (SSSR count). The van der Waals surface area contributed by atoms with Crippen LogP contribution in [0.15, 0.2) is 23.1 Å². The van der Waals surface area contributed by atoms with Crippen molar-refractivity contribution in [2.45, 2.75) is 24.8 Å². The highest BCUT2D eigenvalue weighted by atomic mass is 32.2. The standard InChI is InChI=1S/C12H17FN2O2S/c1-8(2)15(3)12(16)7-18(17)9-4-5-11(14)10(13)6-9/h4-6,8H,7,14H2,1-3H3. The second-order valence-corrected chi connectivity index (χ2v) is 5.72. The molecule has 4 nitrogen and oxygen atoms in total. The van der Waals surface area contributed by atoms with E-state index in [1.807, 2.05) is 13.8 Å². The first kappa shape index (κ1) is 14.6. The summed E-state index contributed by atoms with van der Waals surface area (Å²) in [6, 6.07) is 3.96. The van der Waals surface area contributed by atoms with Crippen molar-refractivity contribution in [1.82, 2.24) is 4.90 Å². The Labute approximate surface area is 108 Å². The van der Waals surface area contributed by atoms with Gasteiger partial charge in [-0.1, -0.05) is 0 Å². The lowest BCUT2D eigenvalue weighted by atomic mass is 10.3. The van der Waals surface area contributed by atoms with E-state index in [0.717, 1.165) is 6.07 Å². The average Bonchev–Trinajstić information content (AvgIpc) is 2.31. The van der Waals surface area contributed by atoms with Crippen LogP contribution >= 0.6 is 0 Å². The van der Waals surface area contributed by atoms with E-state index in [-0.39, 0.29) is 28.3 Å². The number of nitrogens with zero attached hydrogens (tertiary/aromatic N) is 1. The molecule has 0 saturated heterocycles. The number of hydrogen-bond donors (Lipinski definition) is 1. The summed E-state index contributed by atoms with van der Waals surface area (Å²) >= 11 is 0. The van der Waals surface area contributed by atoms with E-state index in [9.17, 15) is 13.4 Å². The Morgan fingerprint density at radius 2 is 2.11 bits per heavy atom. The van der Waals surface area contributed by atoms with Crippen molar-refractivity contribution in [3.05, 3.63) is 24.0 Å². The van der Waals surface area contributed by atoms with Crippen LogP contribution in [-0.2, 0) is 15.6 Å². The van der Waals surface area contributed by atoms with Crippen LogP contribution in [0.4, 0.5) is 10.1 Å². The first-order valence-electron chi connectivity index (χ1n) is 5.52. The maximum atomic E-state index is 13.2. The van der Waals surface area contributed by atoms with Gasteiger partial charge in [0.05, 0.1) is 16.5 Å². The first-order chi connectivity index (χ1) is 8.32. The van der Waals surface area contributed by atoms with Gasteiger partial charge in [-0.15, -0.1) is 0 Å². The zero-order valence-electron chi connectivity index (χ0n) is 10.6. The Bertz CT molecular complexity index is 477. The number of anilines is 1. The zero-order chi connectivity index (χ0) is 13.9. The molecule has 0 spiro atoms. The number of benzene rings is 1. The second kappa shape index (κ2) is 5.95. The van der Waals surface area contributed by atoms with Crippen LogP contribution < -0.4 is 5.73 Å². The second-order valence-electron chi connectivity index (χ2n) is 4.27. The number of halogens is 1. The molecule has 1 aromatic rings. The highest BCUT2D eigenvalue weighted by Gasteiger charge is 2.17. The van der Waals surface area contributed by atoms with Gasteiger partial charge in [-0.2, -0.15) is 0 Å². The van der Waals surface area contributed by atoms with E-state index in [2.05, 4.69) is 0 Å². The Kier molecular flexibility index (Phi) is 4.84. The third-order valence-corrected chi connectivity index (χ3v) is 3.95. The van der Waals surface area contributed by atoms with Crippen LogP contribution in [0.5, 0.6) is 0 Å². The predicted octanol–water partition coefficient (Wildman–Crippen LogP) is 1.38. The topological polar surface area (TPSA) is 63.4 Å². The van der Waals surface area contributed by atoms with Gasteiger partial charge in [0.15, 0.2) is 0 Å². The van der Waals surface area contributed by atoms with E-state index in [1.54, 1.807) is 7.05 Å². The summed E-state index contributed by atoms with van der Waals surface area (Å²) < 4.78 is 25.1. The van der Waals surface area contributed by atoms with Gasteiger partial charge in [0.25, 0.3) is 0 Å². The molecule has 2 N–H and O–H groups in total. The summed E-state index contributed by atoms with van der Waals surface area (Å²) in [4.78, 5) is 13.5. The summed E-state index contributed by atoms with van der Waals surface area (Å²) in [6.45, 7) is 3.73. The number of nitrogen functional groups attached to an aromatic ring is 1. The van der Waals surface area contributed by atoms with Gasteiger partial charge in [0.1, 0.15) is 11.6 Å². The normalized spacial score (nSPS) is 12.5. The van der Waals surface area contributed by atoms with Gasteiger partial charge in [-0.3, -0.25) is 9.00 Å².